The van der Waals surface area contributed by atoms with Crippen LogP contribution in [0, 0.1) is 0 Å². The number of hydrogen-bond donors (Lipinski definition) is 1. The summed E-state index contributed by atoms with van der Waals surface area (Å²) in [4.78, 5) is 13.0. The predicted octanol–water partition coefficient (Wildman–Crippen LogP) is 1.94. The summed E-state index contributed by atoms with van der Waals surface area (Å²) >= 11 is 3.70. The molecule has 1 aliphatic heterocycles. The average molecular weight is 235 g/mol. The van der Waals surface area contributed by atoms with Gasteiger partial charge in [0, 0.05) is 11.8 Å². The van der Waals surface area contributed by atoms with E-state index in [2.05, 4.69) is 4.90 Å². The van der Waals surface area contributed by atoms with Gasteiger partial charge >= 0.3 is 5.97 Å². The van der Waals surface area contributed by atoms with Crippen molar-refractivity contribution in [2.24, 2.45) is 0 Å². The van der Waals surface area contributed by atoms with Crippen LogP contribution >= 0.6 is 23.5 Å². The summed E-state index contributed by atoms with van der Waals surface area (Å²) in [5, 5.41) is 9.03. The number of nitrogens with zero attached hydrogens (tertiary/aromatic N) is 1. The number of thioether (sulfide) groups is 2. The van der Waals surface area contributed by atoms with Crippen LogP contribution in [0.1, 0.15) is 19.8 Å². The van der Waals surface area contributed by atoms with E-state index in [1.807, 2.05) is 30.4 Å². The second-order valence-electron chi connectivity index (χ2n) is 3.28. The molecule has 1 heterocycles. The Kier molecular flexibility index (Phi) is 5.74. The van der Waals surface area contributed by atoms with E-state index < -0.39 is 5.97 Å². The normalized spacial score (nSPS) is 22.4. The quantitative estimate of drug-likeness (QED) is 0.809. The molecule has 1 saturated heterocycles. The molecular weight excluding hydrogens is 218 g/mol. The Morgan fingerprint density at radius 1 is 1.43 bits per heavy atom. The number of carboxylic acid groups (broad SMARTS) is 1. The van der Waals surface area contributed by atoms with E-state index >= 15 is 0 Å². The van der Waals surface area contributed by atoms with Crippen LogP contribution in [0.3, 0.4) is 0 Å². The first kappa shape index (κ1) is 12.2. The van der Waals surface area contributed by atoms with Crippen LogP contribution in [0.2, 0.25) is 0 Å². The highest BCUT2D eigenvalue weighted by Crippen LogP contribution is 2.20. The number of aliphatic carboxylic acids is 1. The van der Waals surface area contributed by atoms with E-state index in [-0.39, 0.29) is 6.04 Å². The van der Waals surface area contributed by atoms with Gasteiger partial charge in [-0.15, -0.1) is 23.5 Å². The van der Waals surface area contributed by atoms with Gasteiger partial charge in [-0.25, -0.2) is 0 Å². The third-order valence-corrected chi connectivity index (χ3v) is 4.39. The molecule has 0 aromatic carbocycles. The highest BCUT2D eigenvalue weighted by Gasteiger charge is 2.23. The molecule has 0 aliphatic carbocycles. The summed E-state index contributed by atoms with van der Waals surface area (Å²) < 4.78 is 0. The fraction of sp³-hybridized carbons (Fsp3) is 0.889. The Balaban J connectivity index is 2.48. The molecule has 1 atom stereocenters. The monoisotopic (exact) mass is 235 g/mol. The average Bonchev–Trinajstić information content (AvgIpc) is 2.08. The molecule has 0 radical (unpaired) electrons. The van der Waals surface area contributed by atoms with Crippen LogP contribution in [0.15, 0.2) is 0 Å². The van der Waals surface area contributed by atoms with Gasteiger partial charge in [0.1, 0.15) is 6.04 Å². The number of carboxylic acids is 1. The zero-order valence-electron chi connectivity index (χ0n) is 8.44. The highest BCUT2D eigenvalue weighted by molar-refractivity contribution is 8.00. The largest absolute Gasteiger partial charge is 0.480 e. The van der Waals surface area contributed by atoms with Gasteiger partial charge in [-0.05, 0) is 24.3 Å². The van der Waals surface area contributed by atoms with E-state index in [4.69, 9.17) is 5.11 Å². The van der Waals surface area contributed by atoms with Crippen molar-refractivity contribution in [1.82, 2.24) is 4.90 Å². The molecule has 1 unspecified atom stereocenters. The van der Waals surface area contributed by atoms with E-state index in [0.717, 1.165) is 23.3 Å². The van der Waals surface area contributed by atoms with Crippen LogP contribution in [0.4, 0.5) is 0 Å². The molecule has 82 valence electrons. The topological polar surface area (TPSA) is 40.5 Å². The molecule has 0 amide bonds. The van der Waals surface area contributed by atoms with Crippen molar-refractivity contribution in [3.8, 4) is 0 Å². The maximum Gasteiger partial charge on any atom is 0.320 e. The minimum atomic E-state index is -0.686. The molecule has 0 saturated carbocycles. The minimum absolute atomic E-state index is 0.298. The third kappa shape index (κ3) is 3.71. The van der Waals surface area contributed by atoms with Crippen molar-refractivity contribution >= 4 is 29.5 Å². The maximum atomic E-state index is 11.0. The minimum Gasteiger partial charge on any atom is -0.480 e. The number of hydrogen-bond acceptors (Lipinski definition) is 4. The lowest BCUT2D eigenvalue weighted by atomic mass is 10.2. The van der Waals surface area contributed by atoms with Crippen molar-refractivity contribution in [1.29, 1.82) is 0 Å². The maximum absolute atomic E-state index is 11.0. The lowest BCUT2D eigenvalue weighted by molar-refractivity contribution is -0.142. The first-order valence-corrected chi connectivity index (χ1v) is 7.19. The van der Waals surface area contributed by atoms with Crippen molar-refractivity contribution in [2.45, 2.75) is 25.8 Å². The molecule has 1 rings (SSSR count). The van der Waals surface area contributed by atoms with Crippen LogP contribution < -0.4 is 0 Å². The highest BCUT2D eigenvalue weighted by atomic mass is 32.2. The lowest BCUT2D eigenvalue weighted by Crippen LogP contribution is -2.40. The Morgan fingerprint density at radius 3 is 2.43 bits per heavy atom. The molecule has 3 nitrogen and oxygen atoms in total. The molecule has 5 heteroatoms. The Labute approximate surface area is 93.6 Å². The Hall–Kier alpha value is 0.130. The molecule has 0 aromatic rings. The second kappa shape index (κ2) is 6.58. The number of carbonyl (C=O) groups is 1. The van der Waals surface area contributed by atoms with Gasteiger partial charge in [0.25, 0.3) is 0 Å². The van der Waals surface area contributed by atoms with Crippen molar-refractivity contribution < 1.29 is 9.90 Å². The second-order valence-corrected chi connectivity index (χ2v) is 5.43. The van der Waals surface area contributed by atoms with Crippen LogP contribution in [-0.2, 0) is 4.79 Å². The first-order valence-electron chi connectivity index (χ1n) is 4.88. The molecular formula is C9H17NO2S2. The molecule has 14 heavy (non-hydrogen) atoms. The van der Waals surface area contributed by atoms with Crippen molar-refractivity contribution in [3.05, 3.63) is 0 Å². The summed E-state index contributed by atoms with van der Waals surface area (Å²) in [7, 11) is 0. The van der Waals surface area contributed by atoms with Crippen molar-refractivity contribution in [3.63, 3.8) is 0 Å². The zero-order chi connectivity index (χ0) is 10.4. The summed E-state index contributed by atoms with van der Waals surface area (Å²) in [6.45, 7) is 1.94. The zero-order valence-corrected chi connectivity index (χ0v) is 10.1. The molecule has 1 N–H and O–H groups in total. The molecule has 0 spiro atoms. The van der Waals surface area contributed by atoms with Gasteiger partial charge in [0.15, 0.2) is 0 Å². The van der Waals surface area contributed by atoms with E-state index in [9.17, 15) is 4.79 Å². The Bertz CT molecular complexity index is 182. The molecule has 0 bridgehead atoms. The van der Waals surface area contributed by atoms with Gasteiger partial charge in [-0.2, -0.15) is 0 Å². The van der Waals surface area contributed by atoms with E-state index in [0.29, 0.717) is 6.42 Å². The van der Waals surface area contributed by atoms with Crippen LogP contribution in [0.25, 0.3) is 0 Å². The van der Waals surface area contributed by atoms with Crippen molar-refractivity contribution in [2.75, 3.05) is 23.3 Å². The SMILES string of the molecule is CCC(C(=O)O)N1CSCCCSC1. The van der Waals surface area contributed by atoms with Crippen LogP contribution in [0.5, 0.6) is 0 Å². The van der Waals surface area contributed by atoms with Gasteiger partial charge in [0.05, 0.1) is 0 Å². The van der Waals surface area contributed by atoms with Crippen LogP contribution in [-0.4, -0.2) is 45.3 Å². The number of rotatable bonds is 3. The summed E-state index contributed by atoms with van der Waals surface area (Å²) in [6, 6.07) is -0.298. The summed E-state index contributed by atoms with van der Waals surface area (Å²) in [5.41, 5.74) is 0. The fourth-order valence-corrected chi connectivity index (χ4v) is 3.70. The summed E-state index contributed by atoms with van der Waals surface area (Å²) in [6.07, 6.45) is 1.93. The third-order valence-electron chi connectivity index (χ3n) is 2.20. The standard InChI is InChI=1S/C9H17NO2S2/c1-2-8(9(11)12)10-6-13-4-3-5-14-7-10/h8H,2-7H2,1H3,(H,11,12). The molecule has 0 aromatic heterocycles. The Morgan fingerprint density at radius 2 is 2.00 bits per heavy atom. The summed E-state index contributed by atoms with van der Waals surface area (Å²) in [5.74, 6) is 3.34. The van der Waals surface area contributed by atoms with E-state index in [1.165, 1.54) is 6.42 Å². The molecule has 1 aliphatic rings. The molecule has 1 fully saturated rings. The first-order chi connectivity index (χ1) is 6.75. The predicted molar refractivity (Wildman–Crippen MR) is 62.8 cm³/mol. The fourth-order valence-electron chi connectivity index (χ4n) is 1.43. The van der Waals surface area contributed by atoms with Gasteiger partial charge in [-0.3, -0.25) is 9.69 Å². The van der Waals surface area contributed by atoms with Gasteiger partial charge in [0.2, 0.25) is 0 Å². The van der Waals surface area contributed by atoms with E-state index in [1.54, 1.807) is 0 Å². The smallest absolute Gasteiger partial charge is 0.320 e. The van der Waals surface area contributed by atoms with Gasteiger partial charge in [-0.1, -0.05) is 6.92 Å². The lowest BCUT2D eigenvalue weighted by Gasteiger charge is -2.28. The van der Waals surface area contributed by atoms with Gasteiger partial charge < -0.3 is 5.11 Å².